The van der Waals surface area contributed by atoms with Gasteiger partial charge in [-0.3, -0.25) is 9.59 Å². The fourth-order valence-electron chi connectivity index (χ4n) is 9.70. The lowest BCUT2D eigenvalue weighted by atomic mass is 9.72. The van der Waals surface area contributed by atoms with E-state index < -0.39 is 29.6 Å². The first kappa shape index (κ1) is 46.4. The second-order valence-corrected chi connectivity index (χ2v) is 19.4. The molecule has 1 aliphatic carbocycles. The van der Waals surface area contributed by atoms with Crippen molar-refractivity contribution in [2.75, 3.05) is 50.0 Å². The quantitative estimate of drug-likeness (QED) is 0.116. The largest absolute Gasteiger partial charge is 0.476 e. The molecule has 2 saturated heterocycles. The van der Waals surface area contributed by atoms with E-state index in [1.54, 1.807) is 36.5 Å². The number of nitrogens with one attached hydrogen (secondary N) is 2. The summed E-state index contributed by atoms with van der Waals surface area (Å²) in [6.07, 6.45) is 5.84. The number of carbonyl (C=O) groups excluding carboxylic acids is 2. The zero-order valence-corrected chi connectivity index (χ0v) is 38.7. The molecule has 0 saturated carbocycles. The lowest BCUT2D eigenvalue weighted by Gasteiger charge is -2.32. The van der Waals surface area contributed by atoms with E-state index in [9.17, 15) is 20.0 Å². The van der Waals surface area contributed by atoms with Crippen LogP contribution in [0.25, 0.3) is 0 Å². The molecule has 6 atom stereocenters. The number of aliphatic hydroxyl groups is 1. The average Bonchev–Trinajstić information content (AvgIpc) is 4.12. The van der Waals surface area contributed by atoms with Crippen LogP contribution in [-0.2, 0) is 32.8 Å². The van der Waals surface area contributed by atoms with Gasteiger partial charge in [0.25, 0.3) is 5.88 Å². The summed E-state index contributed by atoms with van der Waals surface area (Å²) in [7, 11) is 0. The summed E-state index contributed by atoms with van der Waals surface area (Å²) in [6, 6.07) is 14.1. The minimum Gasteiger partial charge on any atom is -0.476 e. The Labute approximate surface area is 388 Å². The Kier molecular flexibility index (Phi) is 14.2. The molecule has 6 heterocycles. The molecule has 2 unspecified atom stereocenters. The van der Waals surface area contributed by atoms with E-state index in [0.29, 0.717) is 51.9 Å². The van der Waals surface area contributed by atoms with Gasteiger partial charge in [0.15, 0.2) is 11.9 Å². The van der Waals surface area contributed by atoms with Gasteiger partial charge in [-0.25, -0.2) is 15.0 Å². The number of thiophene rings is 1. The van der Waals surface area contributed by atoms with Gasteiger partial charge >= 0.3 is 0 Å². The van der Waals surface area contributed by atoms with Crippen LogP contribution in [0.4, 0.5) is 10.9 Å². The van der Waals surface area contributed by atoms with Crippen molar-refractivity contribution < 1.29 is 28.8 Å². The van der Waals surface area contributed by atoms with Crippen molar-refractivity contribution in [3.05, 3.63) is 81.2 Å². The number of rotatable bonds is 15. The van der Waals surface area contributed by atoms with Crippen LogP contribution in [0, 0.1) is 28.6 Å². The van der Waals surface area contributed by atoms with Gasteiger partial charge in [-0.2, -0.15) is 10.5 Å². The number of hydrogen-bond acceptors (Lipinski definition) is 17. The Bertz CT molecular complexity index is 2500. The Morgan fingerprint density at radius 3 is 2.73 bits per heavy atom. The number of benzene rings is 1. The highest BCUT2D eigenvalue weighted by atomic mass is 32.1. The fourth-order valence-corrected chi connectivity index (χ4v) is 10.9. The molecule has 5 N–H and O–H groups in total. The molecule has 8 rings (SSSR count). The number of aromatic nitrogens is 3. The van der Waals surface area contributed by atoms with Crippen molar-refractivity contribution >= 4 is 40.0 Å². The van der Waals surface area contributed by atoms with Crippen LogP contribution in [0.15, 0.2) is 52.1 Å². The molecular formula is C47H58N12O6S. The van der Waals surface area contributed by atoms with E-state index in [-0.39, 0.29) is 43.3 Å². The summed E-state index contributed by atoms with van der Waals surface area (Å²) < 4.78 is 11.7. The molecule has 1 aromatic carbocycles. The summed E-state index contributed by atoms with van der Waals surface area (Å²) in [5, 5.41) is 37.1. The Morgan fingerprint density at radius 2 is 1.95 bits per heavy atom. The van der Waals surface area contributed by atoms with Crippen LogP contribution < -0.4 is 26.2 Å². The monoisotopic (exact) mass is 918 g/mol. The number of nitriles is 2. The molecule has 19 heteroatoms. The van der Waals surface area contributed by atoms with Crippen LogP contribution in [0.5, 0.6) is 5.88 Å². The maximum absolute atomic E-state index is 14.0. The van der Waals surface area contributed by atoms with Gasteiger partial charge in [0, 0.05) is 61.3 Å². The number of likely N-dealkylation sites (tertiary alicyclic amines) is 1. The van der Waals surface area contributed by atoms with Gasteiger partial charge < -0.3 is 45.0 Å². The van der Waals surface area contributed by atoms with Crippen molar-refractivity contribution in [2.24, 2.45) is 10.9 Å². The summed E-state index contributed by atoms with van der Waals surface area (Å²) >= 11 is 1.49. The van der Waals surface area contributed by atoms with Gasteiger partial charge in [-0.1, -0.05) is 26.0 Å². The van der Waals surface area contributed by atoms with Crippen LogP contribution in [0.1, 0.15) is 117 Å². The summed E-state index contributed by atoms with van der Waals surface area (Å²) in [5.41, 5.74) is 12.3. The Balaban J connectivity index is 0.807. The van der Waals surface area contributed by atoms with E-state index in [4.69, 9.17) is 35.1 Å². The molecule has 66 heavy (non-hydrogen) atoms. The summed E-state index contributed by atoms with van der Waals surface area (Å²) in [6.45, 7) is 12.3. The smallest absolute Gasteiger partial charge is 0.254 e. The number of amides is 2. The predicted molar refractivity (Wildman–Crippen MR) is 246 cm³/mol. The van der Waals surface area contributed by atoms with Gasteiger partial charge in [0.05, 0.1) is 41.0 Å². The van der Waals surface area contributed by atoms with Gasteiger partial charge in [-0.15, -0.1) is 16.8 Å². The number of β-amino-alcohol motifs (C(OH)–C–C–N with tert-alkyl or cyclic N) is 1. The minimum absolute atomic E-state index is 0.0361. The van der Waals surface area contributed by atoms with E-state index in [0.717, 1.165) is 80.7 Å². The number of nitrogens with zero attached hydrogens (tertiary/aromatic N) is 9. The van der Waals surface area contributed by atoms with Crippen molar-refractivity contribution in [1.29, 1.82) is 10.5 Å². The number of hydrogen-bond donors (Lipinski definition) is 4. The first-order valence-electron chi connectivity index (χ1n) is 22.9. The molecule has 18 nitrogen and oxygen atoms in total. The zero-order chi connectivity index (χ0) is 46.5. The SMILES string of the molecule is CC(C)C(C(=O)N1C[C@H](O)C[C@H]1C(=O)NCc1ccc(C#N)cc1)c1cc(OCCCCN2CCCN(c3nccc(C4N=C([C@@]5(C)CCCc6sc(N)c(C#N)c65)ON4)n3)[C@@H](C)C2)no1. The Morgan fingerprint density at radius 1 is 1.14 bits per heavy atom. The van der Waals surface area contributed by atoms with E-state index in [2.05, 4.69) is 56.7 Å². The standard InChI is InChI=1S/C47H58N12O6S/c1-28(2)39(44(62)59-27-32(60)21-35(59)43(61)52-25-31-12-10-30(23-48)11-13-31)36-22-38(55-64-36)63-20-6-5-17-57-18-8-19-58(29(3)26-57)46-51-16-14-34(53-46)42-54-45(65-56-42)47(4)15-7-9-37-40(47)33(24-49)41(50)66-37/h10-14,16,22,28-29,32,35,39,42,56,60H,5-9,15,17-21,25-27,50H2,1-4H3,(H,52,61)/t29-,32+,35-,39?,42?,47-/m0/s1. The fraction of sp³-hybridized carbons (Fsp3) is 0.532. The van der Waals surface area contributed by atoms with Crippen molar-refractivity contribution in [1.82, 2.24) is 35.7 Å². The van der Waals surface area contributed by atoms with Gasteiger partial charge in [-0.05, 0) is 100 Å². The molecule has 0 spiro atoms. The number of hydroxylamine groups is 1. The van der Waals surface area contributed by atoms with E-state index in [1.807, 2.05) is 19.9 Å². The van der Waals surface area contributed by atoms with Crippen LogP contribution >= 0.6 is 11.3 Å². The maximum Gasteiger partial charge on any atom is 0.254 e. The molecule has 3 aliphatic heterocycles. The number of nitrogen functional groups attached to an aromatic ring is 1. The highest BCUT2D eigenvalue weighted by Crippen LogP contribution is 2.47. The molecule has 2 amide bonds. The number of ether oxygens (including phenoxy) is 1. The molecule has 4 aliphatic rings. The predicted octanol–water partition coefficient (Wildman–Crippen LogP) is 4.86. The topological polar surface area (TPSA) is 244 Å². The lowest BCUT2D eigenvalue weighted by Crippen LogP contribution is -2.48. The first-order valence-corrected chi connectivity index (χ1v) is 23.7. The van der Waals surface area contributed by atoms with Crippen molar-refractivity contribution in [3.63, 3.8) is 0 Å². The third-order valence-electron chi connectivity index (χ3n) is 13.1. The number of aliphatic hydroxyl groups excluding tert-OH is 1. The summed E-state index contributed by atoms with van der Waals surface area (Å²) in [4.78, 5) is 55.3. The molecule has 0 radical (unpaired) electrons. The molecule has 3 aromatic heterocycles. The number of anilines is 2. The number of aryl methyl sites for hydroxylation is 1. The number of aliphatic imine (C=N–C) groups is 1. The average molecular weight is 919 g/mol. The third kappa shape index (κ3) is 9.85. The highest BCUT2D eigenvalue weighted by molar-refractivity contribution is 7.16. The first-order chi connectivity index (χ1) is 31.9. The molecular weight excluding hydrogens is 861 g/mol. The van der Waals surface area contributed by atoms with Gasteiger partial charge in [0.1, 0.15) is 23.0 Å². The molecule has 4 aromatic rings. The zero-order valence-electron chi connectivity index (χ0n) is 37.9. The number of carbonyl (C=O) groups is 2. The van der Waals surface area contributed by atoms with E-state index in [1.165, 1.54) is 16.2 Å². The minimum atomic E-state index is -0.839. The summed E-state index contributed by atoms with van der Waals surface area (Å²) in [5.74, 6) is 0.239. The molecule has 0 bridgehead atoms. The van der Waals surface area contributed by atoms with Crippen LogP contribution in [0.3, 0.4) is 0 Å². The number of nitrogens with two attached hydrogens (primary N) is 1. The molecule has 348 valence electrons. The third-order valence-corrected chi connectivity index (χ3v) is 14.2. The maximum atomic E-state index is 14.0. The lowest BCUT2D eigenvalue weighted by molar-refractivity contribution is -0.141. The van der Waals surface area contributed by atoms with E-state index >= 15 is 0 Å². The number of fused-ring (bicyclic) bond motifs is 1. The van der Waals surface area contributed by atoms with Crippen LogP contribution in [-0.4, -0.2) is 105 Å². The van der Waals surface area contributed by atoms with Crippen LogP contribution in [0.2, 0.25) is 0 Å². The second kappa shape index (κ2) is 20.2. The van der Waals surface area contributed by atoms with Gasteiger partial charge in [0.2, 0.25) is 23.7 Å². The highest BCUT2D eigenvalue weighted by Gasteiger charge is 2.46. The molecule has 2 fully saturated rings. The normalized spacial score (nSPS) is 23.6. The van der Waals surface area contributed by atoms with Crippen molar-refractivity contribution in [2.45, 2.75) is 115 Å². The number of unbranched alkanes of at least 4 members (excludes halogenated alkanes) is 1. The van der Waals surface area contributed by atoms with Crippen molar-refractivity contribution in [3.8, 4) is 18.0 Å². The second-order valence-electron chi connectivity index (χ2n) is 18.2. The Hall–Kier alpha value is -6.12.